The van der Waals surface area contributed by atoms with E-state index in [1.54, 1.807) is 49.0 Å². The Morgan fingerprint density at radius 3 is 2.40 bits per heavy atom. The fourth-order valence-electron chi connectivity index (χ4n) is 5.44. The minimum atomic E-state index is -4.50. The van der Waals surface area contributed by atoms with Crippen LogP contribution in [0.15, 0.2) is 69.1 Å². The highest BCUT2D eigenvalue weighted by atomic mass is 127. The average molecular weight is 727 g/mol. The predicted octanol–water partition coefficient (Wildman–Crippen LogP) is 5.11. The molecule has 2 amide bonds. The van der Waals surface area contributed by atoms with Gasteiger partial charge in [0.25, 0.3) is 0 Å². The lowest BCUT2D eigenvalue weighted by Crippen LogP contribution is -2.57. The van der Waals surface area contributed by atoms with Crippen molar-refractivity contribution in [3.63, 3.8) is 0 Å². The third kappa shape index (κ3) is 6.16. The maximum Gasteiger partial charge on any atom is 0.416 e. The number of carbonyl (C=O) groups excluding carboxylic acids is 2. The van der Waals surface area contributed by atoms with Crippen molar-refractivity contribution in [1.82, 2.24) is 19.8 Å². The number of thioether (sulfide) groups is 1. The Morgan fingerprint density at radius 1 is 1.14 bits per heavy atom. The summed E-state index contributed by atoms with van der Waals surface area (Å²) in [6.45, 7) is 5.74. The molecule has 0 saturated carbocycles. The number of anilines is 1. The van der Waals surface area contributed by atoms with Crippen molar-refractivity contribution in [2.45, 2.75) is 33.5 Å². The molecule has 1 aromatic heterocycles. The Balaban J connectivity index is 1.59. The van der Waals surface area contributed by atoms with E-state index in [2.05, 4.69) is 38.3 Å². The maximum absolute atomic E-state index is 14.2. The smallest absolute Gasteiger partial charge is 0.369 e. The molecule has 2 unspecified atom stereocenters. The monoisotopic (exact) mass is 726 g/mol. The van der Waals surface area contributed by atoms with Gasteiger partial charge in [0, 0.05) is 9.27 Å². The number of nitrogens with two attached hydrogens (primary N) is 1. The van der Waals surface area contributed by atoms with Crippen molar-refractivity contribution in [3.05, 3.63) is 91.4 Å². The van der Waals surface area contributed by atoms with Crippen LogP contribution in [0.1, 0.15) is 30.5 Å². The van der Waals surface area contributed by atoms with Crippen LogP contribution in [0, 0.1) is 23.7 Å². The van der Waals surface area contributed by atoms with Crippen LogP contribution in [0.5, 0.6) is 0 Å². The predicted molar refractivity (Wildman–Crippen MR) is 168 cm³/mol. The normalized spacial score (nSPS) is 18.8. The van der Waals surface area contributed by atoms with E-state index in [0.717, 1.165) is 33.6 Å². The van der Waals surface area contributed by atoms with E-state index in [1.807, 2.05) is 26.2 Å². The second-order valence-electron chi connectivity index (χ2n) is 10.9. The van der Waals surface area contributed by atoms with Gasteiger partial charge in [0.05, 0.1) is 23.7 Å². The second-order valence-corrected chi connectivity index (χ2v) is 12.9. The average Bonchev–Trinajstić information content (AvgIpc) is 3.28. The van der Waals surface area contributed by atoms with Gasteiger partial charge in [-0.05, 0) is 98.8 Å². The number of benzene rings is 2. The first kappa shape index (κ1) is 32.5. The number of nitrogens with one attached hydrogen (secondary N) is 1. The van der Waals surface area contributed by atoms with Gasteiger partial charge in [-0.1, -0.05) is 44.2 Å². The zero-order chi connectivity index (χ0) is 31.7. The number of amides is 2. The first-order valence-electron chi connectivity index (χ1n) is 13.1. The highest BCUT2D eigenvalue weighted by Crippen LogP contribution is 2.56. The molecule has 0 radical (unpaired) electrons. The Hall–Kier alpha value is -3.40. The SMILES string of the molecule is CSCC(C)(C)C1(C(=O)Nc2ccc(Cn3nnn(-c4ccc(C(F)(F)F)cc4)c3=O)cc2C)C(I)=CC=CC1C(N)=O. The molecule has 3 aromatic rings. The van der Waals surface area contributed by atoms with Gasteiger partial charge in [-0.2, -0.15) is 34.3 Å². The first-order valence-corrected chi connectivity index (χ1v) is 15.5. The van der Waals surface area contributed by atoms with Gasteiger partial charge < -0.3 is 11.1 Å². The minimum absolute atomic E-state index is 0.0361. The van der Waals surface area contributed by atoms with E-state index in [-0.39, 0.29) is 18.1 Å². The number of hydrogen-bond acceptors (Lipinski definition) is 6. The lowest BCUT2D eigenvalue weighted by Gasteiger charge is -2.49. The number of primary amides is 1. The van der Waals surface area contributed by atoms with Crippen molar-refractivity contribution in [3.8, 4) is 5.69 Å². The number of alkyl halides is 3. The van der Waals surface area contributed by atoms with Gasteiger partial charge in [0.2, 0.25) is 11.8 Å². The molecule has 1 aliphatic rings. The zero-order valence-corrected chi connectivity index (χ0v) is 26.8. The number of tetrazole rings is 1. The van der Waals surface area contributed by atoms with Gasteiger partial charge in [-0.3, -0.25) is 9.59 Å². The maximum atomic E-state index is 14.2. The fraction of sp³-hybridized carbons (Fsp3) is 0.345. The van der Waals surface area contributed by atoms with Crippen LogP contribution in [0.2, 0.25) is 0 Å². The van der Waals surface area contributed by atoms with Crippen molar-refractivity contribution in [2.75, 3.05) is 17.3 Å². The van der Waals surface area contributed by atoms with Crippen molar-refractivity contribution >= 4 is 51.9 Å². The molecule has 0 saturated heterocycles. The van der Waals surface area contributed by atoms with E-state index < -0.39 is 40.1 Å². The van der Waals surface area contributed by atoms with Crippen LogP contribution >= 0.6 is 34.4 Å². The third-order valence-corrected chi connectivity index (χ3v) is 9.80. The summed E-state index contributed by atoms with van der Waals surface area (Å²) in [5, 5.41) is 10.7. The van der Waals surface area contributed by atoms with Crippen LogP contribution in [0.4, 0.5) is 18.9 Å². The van der Waals surface area contributed by atoms with Crippen LogP contribution in [0.3, 0.4) is 0 Å². The molecule has 43 heavy (non-hydrogen) atoms. The standard InChI is InChI=1S/C29H30F3IN6O3S/c1-17-14-18(15-38-26(42)39(37-36-38)20-11-9-19(10-12-20)29(30,31)32)8-13-22(17)35-25(41)28(27(2,3)16-43-4)21(24(34)40)6-5-7-23(28)33/h5-14,21H,15-16H2,1-4H3,(H2,34,40)(H,35,41). The van der Waals surface area contributed by atoms with Gasteiger partial charge >= 0.3 is 11.9 Å². The molecule has 1 heterocycles. The molecule has 0 bridgehead atoms. The molecule has 4 rings (SSSR count). The topological polar surface area (TPSA) is 125 Å². The molecule has 3 N–H and O–H groups in total. The van der Waals surface area contributed by atoms with Gasteiger partial charge in [-0.15, -0.1) is 0 Å². The summed E-state index contributed by atoms with van der Waals surface area (Å²) in [4.78, 5) is 39.7. The second kappa shape index (κ2) is 12.3. The van der Waals surface area contributed by atoms with Crippen LogP contribution in [-0.2, 0) is 22.3 Å². The van der Waals surface area contributed by atoms with E-state index in [1.165, 1.54) is 0 Å². The van der Waals surface area contributed by atoms with Crippen molar-refractivity contribution in [2.24, 2.45) is 22.5 Å². The molecule has 0 spiro atoms. The summed E-state index contributed by atoms with van der Waals surface area (Å²) < 4.78 is 41.4. The molecule has 228 valence electrons. The number of hydrogen-bond donors (Lipinski definition) is 2. The summed E-state index contributed by atoms with van der Waals surface area (Å²) in [5.41, 5.74) is 4.52. The number of rotatable bonds is 9. The highest BCUT2D eigenvalue weighted by molar-refractivity contribution is 14.1. The van der Waals surface area contributed by atoms with Crippen LogP contribution in [0.25, 0.3) is 5.69 Å². The quantitative estimate of drug-likeness (QED) is 0.296. The van der Waals surface area contributed by atoms with Gasteiger partial charge in [-0.25, -0.2) is 4.79 Å². The van der Waals surface area contributed by atoms with Gasteiger partial charge in [0.1, 0.15) is 5.41 Å². The third-order valence-electron chi connectivity index (χ3n) is 7.58. The largest absolute Gasteiger partial charge is 0.416 e. The van der Waals surface area contributed by atoms with E-state index in [4.69, 9.17) is 5.73 Å². The first-order chi connectivity index (χ1) is 20.1. The number of carbonyl (C=O) groups is 2. The molecule has 14 heteroatoms. The minimum Gasteiger partial charge on any atom is -0.369 e. The molecule has 2 atom stereocenters. The van der Waals surface area contributed by atoms with Crippen LogP contribution in [-0.4, -0.2) is 43.6 Å². The van der Waals surface area contributed by atoms with Crippen molar-refractivity contribution in [1.29, 1.82) is 0 Å². The number of allylic oxidation sites excluding steroid dienone is 2. The Kier molecular flexibility index (Phi) is 9.30. The summed E-state index contributed by atoms with van der Waals surface area (Å²) in [7, 11) is 0. The molecule has 2 aromatic carbocycles. The van der Waals surface area contributed by atoms with Gasteiger partial charge in [0.15, 0.2) is 0 Å². The summed E-state index contributed by atoms with van der Waals surface area (Å²) in [6.07, 6.45) is 2.69. The lowest BCUT2D eigenvalue weighted by atomic mass is 9.57. The Labute approximate surface area is 263 Å². The number of aryl methyl sites for hydroxylation is 1. The van der Waals surface area contributed by atoms with Crippen LogP contribution < -0.4 is 16.7 Å². The number of nitrogens with zero attached hydrogens (tertiary/aromatic N) is 4. The number of aromatic nitrogens is 4. The molecule has 0 fully saturated rings. The van der Waals surface area contributed by atoms with Crippen molar-refractivity contribution < 1.29 is 22.8 Å². The van der Waals surface area contributed by atoms with E-state index in [9.17, 15) is 27.6 Å². The summed E-state index contributed by atoms with van der Waals surface area (Å²) in [5.74, 6) is -1.21. The molecular formula is C29H30F3IN6O3S. The Bertz CT molecular complexity index is 1660. The molecule has 0 aliphatic heterocycles. The van der Waals surface area contributed by atoms with E-state index in [0.29, 0.717) is 26.1 Å². The molecule has 1 aliphatic carbocycles. The van der Waals surface area contributed by atoms with E-state index >= 15 is 0 Å². The fourth-order valence-corrected chi connectivity index (χ4v) is 7.91. The number of halogens is 4. The highest BCUT2D eigenvalue weighted by Gasteiger charge is 2.59. The zero-order valence-electron chi connectivity index (χ0n) is 23.8. The summed E-state index contributed by atoms with van der Waals surface area (Å²) >= 11 is 3.70. The Morgan fingerprint density at radius 2 is 1.81 bits per heavy atom. The summed E-state index contributed by atoms with van der Waals surface area (Å²) in [6, 6.07) is 9.26. The molecule has 9 nitrogen and oxygen atoms in total. The molecular weight excluding hydrogens is 696 g/mol. The lowest BCUT2D eigenvalue weighted by molar-refractivity contribution is -0.138.